The summed E-state index contributed by atoms with van der Waals surface area (Å²) in [7, 11) is 5.05. The van der Waals surface area contributed by atoms with E-state index in [9.17, 15) is 19.5 Å². The van der Waals surface area contributed by atoms with E-state index in [2.05, 4.69) is 17.6 Å². The molecule has 1 aromatic rings. The number of carbonyl (C=O) groups excluding carboxylic acids is 3. The number of rotatable bonds is 6. The molecule has 1 aliphatic rings. The number of nitrogens with one attached hydrogen (secondary N) is 2. The molecule has 0 saturated heterocycles. The summed E-state index contributed by atoms with van der Waals surface area (Å²) in [6, 6.07) is 5.31. The van der Waals surface area contributed by atoms with Gasteiger partial charge in [0.25, 0.3) is 5.91 Å². The summed E-state index contributed by atoms with van der Waals surface area (Å²) < 4.78 is 16.9. The second kappa shape index (κ2) is 17.8. The molecule has 0 radical (unpaired) electrons. The summed E-state index contributed by atoms with van der Waals surface area (Å²) in [5.74, 6) is -0.282. The number of allylic oxidation sites excluding steroid dienone is 1. The first-order chi connectivity index (χ1) is 20.7. The molecule has 246 valence electrons. The Morgan fingerprint density at radius 1 is 1.18 bits per heavy atom. The molecule has 11 nitrogen and oxygen atoms in total. The van der Waals surface area contributed by atoms with Gasteiger partial charge in [-0.3, -0.25) is 4.79 Å². The molecule has 1 aromatic carbocycles. The maximum atomic E-state index is 13.1. The van der Waals surface area contributed by atoms with Crippen LogP contribution in [0.4, 0.5) is 15.3 Å². The Kier molecular flexibility index (Phi) is 14.9. The van der Waals surface area contributed by atoms with Gasteiger partial charge >= 0.3 is 12.2 Å². The number of nitrogens with zero attached hydrogens (tertiary/aromatic N) is 1. The predicted octanol–water partition coefficient (Wildman–Crippen LogP) is 4.64. The Morgan fingerprint density at radius 2 is 1.89 bits per heavy atom. The number of likely N-dealkylation sites (N-methyl/N-ethyl adjacent to an activating group) is 2. The Labute approximate surface area is 262 Å². The van der Waals surface area contributed by atoms with Crippen molar-refractivity contribution in [2.45, 2.75) is 78.6 Å². The molecule has 5 N–H and O–H groups in total. The van der Waals surface area contributed by atoms with E-state index in [1.54, 1.807) is 33.2 Å². The third-order valence-electron chi connectivity index (χ3n) is 8.04. The molecule has 0 saturated carbocycles. The molecule has 1 aliphatic heterocycles. The molecule has 2 rings (SSSR count). The van der Waals surface area contributed by atoms with Crippen molar-refractivity contribution in [2.24, 2.45) is 23.5 Å². The van der Waals surface area contributed by atoms with Crippen molar-refractivity contribution in [1.82, 2.24) is 10.2 Å². The summed E-state index contributed by atoms with van der Waals surface area (Å²) in [4.78, 5) is 39.1. The van der Waals surface area contributed by atoms with Gasteiger partial charge in [-0.25, -0.2) is 9.59 Å². The molecule has 3 amide bonds. The van der Waals surface area contributed by atoms with Crippen molar-refractivity contribution in [1.29, 1.82) is 0 Å². The van der Waals surface area contributed by atoms with Crippen LogP contribution in [-0.2, 0) is 20.7 Å². The highest BCUT2D eigenvalue weighted by Crippen LogP contribution is 2.29. The van der Waals surface area contributed by atoms with Gasteiger partial charge in [0.2, 0.25) is 0 Å². The molecule has 0 fully saturated rings. The highest BCUT2D eigenvalue weighted by atomic mass is 16.6. The first-order valence-corrected chi connectivity index (χ1v) is 15.3. The van der Waals surface area contributed by atoms with Crippen molar-refractivity contribution >= 4 is 23.8 Å². The average molecular weight is 617 g/mol. The SMILES string of the molecule is CNCCN(C)C(=O)Oc1cc2cc(c1)NC(=O)C(C)=CCC[C@H](C)[C@@H](OC(N)=O)C(C)=C[C@H](C)[C@@H](O)[C@@H](OC)C[C@H](C)C2. The summed E-state index contributed by atoms with van der Waals surface area (Å²) in [6.07, 6.45) is 2.85. The quantitative estimate of drug-likeness (QED) is 0.337. The number of benzene rings is 1. The van der Waals surface area contributed by atoms with E-state index in [-0.39, 0.29) is 23.7 Å². The number of ether oxygens (including phenoxy) is 3. The lowest BCUT2D eigenvalue weighted by Gasteiger charge is -2.29. The maximum Gasteiger partial charge on any atom is 0.415 e. The minimum atomic E-state index is -0.868. The van der Waals surface area contributed by atoms with Crippen LogP contribution in [0, 0.1) is 17.8 Å². The molecule has 11 heteroatoms. The molecular weight excluding hydrogens is 564 g/mol. The fraction of sp³-hybridized carbons (Fsp3) is 0.606. The lowest BCUT2D eigenvalue weighted by molar-refractivity contribution is -0.112. The molecule has 0 aliphatic carbocycles. The number of amides is 3. The Morgan fingerprint density at radius 3 is 2.52 bits per heavy atom. The van der Waals surface area contributed by atoms with Crippen molar-refractivity contribution in [3.8, 4) is 5.75 Å². The number of methoxy groups -OCH3 is 1. The second-order valence-electron chi connectivity index (χ2n) is 12.1. The molecular formula is C33H52N4O7. The van der Waals surface area contributed by atoms with Crippen LogP contribution in [0.1, 0.15) is 59.4 Å². The Hall–Kier alpha value is -3.41. The molecule has 0 aromatic heterocycles. The highest BCUT2D eigenvalue weighted by molar-refractivity contribution is 6.03. The number of anilines is 1. The first-order valence-electron chi connectivity index (χ1n) is 15.3. The largest absolute Gasteiger partial charge is 0.442 e. The molecule has 0 spiro atoms. The van der Waals surface area contributed by atoms with Gasteiger partial charge in [-0.2, -0.15) is 0 Å². The molecule has 2 bridgehead atoms. The van der Waals surface area contributed by atoms with E-state index in [1.807, 2.05) is 46.0 Å². The Balaban J connectivity index is 2.47. The number of carbonyl (C=O) groups is 3. The van der Waals surface area contributed by atoms with Crippen LogP contribution in [-0.4, -0.2) is 80.7 Å². The fourth-order valence-corrected chi connectivity index (χ4v) is 5.48. The minimum Gasteiger partial charge on any atom is -0.442 e. The number of hydrogen-bond donors (Lipinski definition) is 4. The Bertz CT molecular complexity index is 1180. The van der Waals surface area contributed by atoms with Gasteiger partial charge in [0.1, 0.15) is 11.9 Å². The smallest absolute Gasteiger partial charge is 0.415 e. The van der Waals surface area contributed by atoms with E-state index in [0.29, 0.717) is 55.8 Å². The van der Waals surface area contributed by atoms with Gasteiger partial charge in [-0.1, -0.05) is 32.9 Å². The lowest BCUT2D eigenvalue weighted by Crippen LogP contribution is -2.35. The van der Waals surface area contributed by atoms with Crippen LogP contribution in [0.2, 0.25) is 0 Å². The third-order valence-corrected chi connectivity index (χ3v) is 8.04. The summed E-state index contributed by atoms with van der Waals surface area (Å²) in [5, 5.41) is 17.2. The molecule has 1 heterocycles. The standard InChI is InChI=1S/C33H52N4O7/c1-20-14-25-17-26(19-27(18-25)43-33(41)37(7)13-12-35-6)36-31(39)22(3)11-9-10-21(2)30(44-32(34)40)24(5)16-23(4)29(38)28(15-20)42-8/h11,16-21,23,28-30,35,38H,9-10,12-15H2,1-8H3,(H2,34,40)(H,36,39)/t20-,21+,23+,28+,29-,30-/m1/s1. The van der Waals surface area contributed by atoms with E-state index >= 15 is 0 Å². The van der Waals surface area contributed by atoms with Crippen molar-refractivity contribution < 1.29 is 33.7 Å². The number of fused-ring (bicyclic) bond motifs is 2. The van der Waals surface area contributed by atoms with E-state index in [4.69, 9.17) is 19.9 Å². The van der Waals surface area contributed by atoms with Gasteiger partial charge in [-0.05, 0) is 81.7 Å². The highest BCUT2D eigenvalue weighted by Gasteiger charge is 2.28. The number of aliphatic hydroxyl groups excluding tert-OH is 1. The van der Waals surface area contributed by atoms with Crippen LogP contribution in [0.5, 0.6) is 5.75 Å². The van der Waals surface area contributed by atoms with E-state index in [0.717, 1.165) is 11.1 Å². The van der Waals surface area contributed by atoms with Gasteiger partial charge < -0.3 is 40.6 Å². The first kappa shape index (κ1) is 36.8. The second-order valence-corrected chi connectivity index (χ2v) is 12.1. The van der Waals surface area contributed by atoms with Crippen LogP contribution in [0.15, 0.2) is 41.5 Å². The van der Waals surface area contributed by atoms with Crippen LogP contribution < -0.4 is 21.1 Å². The predicted molar refractivity (Wildman–Crippen MR) is 171 cm³/mol. The van der Waals surface area contributed by atoms with E-state index in [1.165, 1.54) is 4.90 Å². The van der Waals surface area contributed by atoms with Gasteiger partial charge in [0.15, 0.2) is 0 Å². The van der Waals surface area contributed by atoms with E-state index < -0.39 is 30.5 Å². The van der Waals surface area contributed by atoms with Crippen molar-refractivity contribution in [2.75, 3.05) is 39.6 Å². The van der Waals surface area contributed by atoms with Crippen LogP contribution in [0.3, 0.4) is 0 Å². The third kappa shape index (κ3) is 11.6. The summed E-state index contributed by atoms with van der Waals surface area (Å²) in [5.41, 5.74) is 8.08. The van der Waals surface area contributed by atoms with Crippen LogP contribution >= 0.6 is 0 Å². The maximum absolute atomic E-state index is 13.1. The van der Waals surface area contributed by atoms with Gasteiger partial charge in [0.05, 0.1) is 12.2 Å². The monoisotopic (exact) mass is 616 g/mol. The zero-order valence-electron chi connectivity index (χ0n) is 27.5. The summed E-state index contributed by atoms with van der Waals surface area (Å²) >= 11 is 0. The lowest BCUT2D eigenvalue weighted by atomic mass is 9.87. The molecule has 44 heavy (non-hydrogen) atoms. The zero-order chi connectivity index (χ0) is 33.0. The number of primary amides is 1. The molecule has 0 unspecified atom stereocenters. The van der Waals surface area contributed by atoms with Gasteiger partial charge in [0, 0.05) is 50.5 Å². The van der Waals surface area contributed by atoms with Crippen molar-refractivity contribution in [3.63, 3.8) is 0 Å². The number of nitrogens with two attached hydrogens (primary N) is 1. The van der Waals surface area contributed by atoms with Gasteiger partial charge in [-0.15, -0.1) is 0 Å². The normalized spacial score (nSPS) is 25.7. The zero-order valence-corrected chi connectivity index (χ0v) is 27.5. The van der Waals surface area contributed by atoms with Crippen molar-refractivity contribution in [3.05, 3.63) is 47.1 Å². The topological polar surface area (TPSA) is 152 Å². The number of hydrogen-bond acceptors (Lipinski definition) is 8. The fourth-order valence-electron chi connectivity index (χ4n) is 5.48. The number of aliphatic hydroxyl groups is 1. The average Bonchev–Trinajstić information content (AvgIpc) is 2.95. The van der Waals surface area contributed by atoms with Crippen LogP contribution in [0.25, 0.3) is 0 Å². The molecule has 6 atom stereocenters. The minimum absolute atomic E-state index is 0.0642. The summed E-state index contributed by atoms with van der Waals surface area (Å²) in [6.45, 7) is 10.6.